The Bertz CT molecular complexity index is 596. The summed E-state index contributed by atoms with van der Waals surface area (Å²) in [7, 11) is -3.49. The van der Waals surface area contributed by atoms with Gasteiger partial charge in [-0.15, -0.1) is 0 Å². The average Bonchev–Trinajstić information content (AvgIpc) is 2.75. The molecular weight excluding hydrogens is 307 g/mol. The highest BCUT2D eigenvalue weighted by atomic mass is 35.5. The first kappa shape index (κ1) is 14.8. The second kappa shape index (κ2) is 5.81. The Morgan fingerprint density at radius 2 is 2.00 bits per heavy atom. The molecule has 19 heavy (non-hydrogen) atoms. The smallest absolute Gasteiger partial charge is 0.179 e. The number of hydrogen-bond acceptors (Lipinski definition) is 3. The van der Waals surface area contributed by atoms with Gasteiger partial charge >= 0.3 is 0 Å². The zero-order valence-corrected chi connectivity index (χ0v) is 12.6. The predicted octanol–water partition coefficient (Wildman–Crippen LogP) is 3.53. The van der Waals surface area contributed by atoms with Crippen molar-refractivity contribution in [2.24, 2.45) is 5.92 Å². The monoisotopic (exact) mass is 320 g/mol. The summed E-state index contributed by atoms with van der Waals surface area (Å²) < 4.78 is 24.4. The van der Waals surface area contributed by atoms with E-state index >= 15 is 0 Å². The maximum absolute atomic E-state index is 12.2. The van der Waals surface area contributed by atoms with Crippen LogP contribution >= 0.6 is 23.2 Å². The molecule has 1 fully saturated rings. The Morgan fingerprint density at radius 1 is 1.26 bits per heavy atom. The van der Waals surface area contributed by atoms with E-state index in [4.69, 9.17) is 23.2 Å². The number of sulfone groups is 1. The van der Waals surface area contributed by atoms with E-state index < -0.39 is 9.84 Å². The minimum atomic E-state index is -3.49. The van der Waals surface area contributed by atoms with Crippen LogP contribution in [0.25, 0.3) is 0 Å². The zero-order chi connectivity index (χ0) is 14.0. The Labute approximate surface area is 122 Å². The summed E-state index contributed by atoms with van der Waals surface area (Å²) in [5.41, 5.74) is 0. The van der Waals surface area contributed by atoms with Crippen molar-refractivity contribution in [3.05, 3.63) is 28.2 Å². The van der Waals surface area contributed by atoms with E-state index in [1.807, 2.05) is 0 Å². The molecule has 0 aliphatic heterocycles. The van der Waals surface area contributed by atoms with Crippen LogP contribution in [0.4, 0.5) is 0 Å². The predicted molar refractivity (Wildman–Crippen MR) is 75.5 cm³/mol. The van der Waals surface area contributed by atoms with Crippen molar-refractivity contribution < 1.29 is 13.2 Å². The fourth-order valence-corrected chi connectivity index (χ4v) is 4.51. The molecule has 0 bridgehead atoms. The molecule has 1 aromatic carbocycles. The molecule has 0 heterocycles. The lowest BCUT2D eigenvalue weighted by molar-refractivity contribution is -0.120. The van der Waals surface area contributed by atoms with Gasteiger partial charge in [-0.1, -0.05) is 23.2 Å². The van der Waals surface area contributed by atoms with E-state index in [9.17, 15) is 13.2 Å². The number of carbonyl (C=O) groups excluding carboxylic acids is 1. The van der Waals surface area contributed by atoms with Gasteiger partial charge in [0.05, 0.1) is 15.7 Å². The maximum atomic E-state index is 12.2. The van der Waals surface area contributed by atoms with Crippen molar-refractivity contribution in [1.29, 1.82) is 0 Å². The number of benzene rings is 1. The summed E-state index contributed by atoms with van der Waals surface area (Å²) in [6.45, 7) is 0. The van der Waals surface area contributed by atoms with Crippen molar-refractivity contribution in [2.75, 3.05) is 5.75 Å². The van der Waals surface area contributed by atoms with Crippen molar-refractivity contribution >= 4 is 38.8 Å². The molecule has 0 aromatic heterocycles. The molecule has 1 unspecified atom stereocenters. The van der Waals surface area contributed by atoms with E-state index in [0.29, 0.717) is 17.9 Å². The highest BCUT2D eigenvalue weighted by Crippen LogP contribution is 2.29. The SMILES string of the molecule is O=C1CCCC1CCS(=O)(=O)c1cc(Cl)ccc1Cl. The molecule has 0 amide bonds. The van der Waals surface area contributed by atoms with Crippen LogP contribution < -0.4 is 0 Å². The molecule has 3 nitrogen and oxygen atoms in total. The Balaban J connectivity index is 2.14. The fraction of sp³-hybridized carbons (Fsp3) is 0.462. The average molecular weight is 321 g/mol. The summed E-state index contributed by atoms with van der Waals surface area (Å²) in [6.07, 6.45) is 2.59. The first-order valence-corrected chi connectivity index (χ1v) is 8.51. The van der Waals surface area contributed by atoms with E-state index in [2.05, 4.69) is 0 Å². The van der Waals surface area contributed by atoms with E-state index in [-0.39, 0.29) is 27.4 Å². The summed E-state index contributed by atoms with van der Waals surface area (Å²) in [5.74, 6) is -0.0103. The van der Waals surface area contributed by atoms with Gasteiger partial charge in [-0.25, -0.2) is 8.42 Å². The molecule has 0 spiro atoms. The van der Waals surface area contributed by atoms with Crippen molar-refractivity contribution in [1.82, 2.24) is 0 Å². The minimum Gasteiger partial charge on any atom is -0.299 e. The van der Waals surface area contributed by atoms with E-state index in [0.717, 1.165) is 12.8 Å². The van der Waals surface area contributed by atoms with Gasteiger partial charge in [0.2, 0.25) is 0 Å². The van der Waals surface area contributed by atoms with Crippen LogP contribution in [0, 0.1) is 5.92 Å². The molecule has 2 rings (SSSR count). The lowest BCUT2D eigenvalue weighted by Crippen LogP contribution is -2.14. The molecule has 1 aliphatic rings. The number of Topliss-reactive ketones (excluding diaryl/α,β-unsaturated/α-hetero) is 1. The maximum Gasteiger partial charge on any atom is 0.179 e. The highest BCUT2D eigenvalue weighted by Gasteiger charge is 2.27. The third-order valence-electron chi connectivity index (χ3n) is 3.39. The summed E-state index contributed by atoms with van der Waals surface area (Å²) in [5, 5.41) is 0.502. The van der Waals surface area contributed by atoms with Crippen LogP contribution in [-0.4, -0.2) is 20.0 Å². The second-order valence-electron chi connectivity index (χ2n) is 4.74. The van der Waals surface area contributed by atoms with Gasteiger partial charge in [0.25, 0.3) is 0 Å². The molecule has 1 saturated carbocycles. The van der Waals surface area contributed by atoms with Gasteiger partial charge in [-0.05, 0) is 37.5 Å². The van der Waals surface area contributed by atoms with Crippen LogP contribution in [0.15, 0.2) is 23.1 Å². The molecule has 1 atom stereocenters. The first-order valence-electron chi connectivity index (χ1n) is 6.10. The lowest BCUT2D eigenvalue weighted by Gasteiger charge is -2.10. The Morgan fingerprint density at radius 3 is 2.63 bits per heavy atom. The van der Waals surface area contributed by atoms with Gasteiger partial charge in [0.15, 0.2) is 9.84 Å². The standard InChI is InChI=1S/C13H14Cl2O3S/c14-10-4-5-11(15)13(8-10)19(17,18)7-6-9-2-1-3-12(9)16/h4-5,8-9H,1-3,6-7H2. The van der Waals surface area contributed by atoms with Gasteiger partial charge in [0, 0.05) is 17.4 Å². The van der Waals surface area contributed by atoms with Crippen LogP contribution in [-0.2, 0) is 14.6 Å². The Hall–Kier alpha value is -0.580. The lowest BCUT2D eigenvalue weighted by atomic mass is 10.1. The normalized spacial score (nSPS) is 19.9. The largest absolute Gasteiger partial charge is 0.299 e. The quantitative estimate of drug-likeness (QED) is 0.852. The molecule has 1 aliphatic carbocycles. The molecule has 6 heteroatoms. The topological polar surface area (TPSA) is 51.2 Å². The summed E-state index contributed by atoms with van der Waals surface area (Å²) in [6, 6.07) is 4.37. The van der Waals surface area contributed by atoms with Gasteiger partial charge < -0.3 is 0 Å². The number of carbonyl (C=O) groups is 1. The zero-order valence-electron chi connectivity index (χ0n) is 10.2. The number of rotatable bonds is 4. The molecular formula is C13H14Cl2O3S. The van der Waals surface area contributed by atoms with Crippen LogP contribution in [0.3, 0.4) is 0 Å². The van der Waals surface area contributed by atoms with Crippen LogP contribution in [0.1, 0.15) is 25.7 Å². The number of hydrogen-bond donors (Lipinski definition) is 0. The van der Waals surface area contributed by atoms with E-state index in [1.54, 1.807) is 6.07 Å². The van der Waals surface area contributed by atoms with Crippen LogP contribution in [0.2, 0.25) is 10.0 Å². The van der Waals surface area contributed by atoms with Crippen molar-refractivity contribution in [2.45, 2.75) is 30.6 Å². The second-order valence-corrected chi connectivity index (χ2v) is 7.66. The molecule has 1 aromatic rings. The number of halogens is 2. The molecule has 104 valence electrons. The van der Waals surface area contributed by atoms with Crippen molar-refractivity contribution in [3.63, 3.8) is 0 Å². The first-order chi connectivity index (χ1) is 8.90. The van der Waals surface area contributed by atoms with Crippen LogP contribution in [0.5, 0.6) is 0 Å². The van der Waals surface area contributed by atoms with Gasteiger partial charge in [0.1, 0.15) is 5.78 Å². The highest BCUT2D eigenvalue weighted by molar-refractivity contribution is 7.91. The third kappa shape index (κ3) is 3.50. The molecule has 0 N–H and O–H groups in total. The molecule has 0 radical (unpaired) electrons. The van der Waals surface area contributed by atoms with Gasteiger partial charge in [-0.3, -0.25) is 4.79 Å². The molecule has 0 saturated heterocycles. The minimum absolute atomic E-state index is 0.0483. The third-order valence-corrected chi connectivity index (χ3v) is 5.85. The van der Waals surface area contributed by atoms with E-state index in [1.165, 1.54) is 12.1 Å². The van der Waals surface area contributed by atoms with Gasteiger partial charge in [-0.2, -0.15) is 0 Å². The Kier molecular flexibility index (Phi) is 4.54. The summed E-state index contributed by atoms with van der Waals surface area (Å²) in [4.78, 5) is 11.6. The van der Waals surface area contributed by atoms with Crippen molar-refractivity contribution in [3.8, 4) is 0 Å². The fourth-order valence-electron chi connectivity index (χ4n) is 2.32. The summed E-state index contributed by atoms with van der Waals surface area (Å²) >= 11 is 11.7. The number of ketones is 1.